The van der Waals surface area contributed by atoms with Crippen LogP contribution < -0.4 is 30.7 Å². The fourth-order valence-corrected chi connectivity index (χ4v) is 6.74. The van der Waals surface area contributed by atoms with Crippen LogP contribution in [-0.2, 0) is 49.7 Å². The van der Waals surface area contributed by atoms with E-state index in [0.717, 1.165) is 22.3 Å². The van der Waals surface area contributed by atoms with Crippen molar-refractivity contribution in [2.24, 2.45) is 0 Å². The van der Waals surface area contributed by atoms with Gasteiger partial charge in [-0.25, -0.2) is 4.79 Å². The number of amides is 4. The molecular weight excluding hydrogens is 737 g/mol. The summed E-state index contributed by atoms with van der Waals surface area (Å²) in [7, 11) is 1.53. The normalized spacial score (nSPS) is 19.2. The minimum Gasteiger partial charge on any atom is -0.497 e. The van der Waals surface area contributed by atoms with Gasteiger partial charge in [-0.1, -0.05) is 109 Å². The molecule has 0 spiro atoms. The van der Waals surface area contributed by atoms with Gasteiger partial charge in [-0.05, 0) is 70.5 Å². The van der Waals surface area contributed by atoms with Crippen LogP contribution in [0.4, 0.5) is 0 Å². The van der Waals surface area contributed by atoms with Crippen LogP contribution in [0.15, 0.2) is 133 Å². The van der Waals surface area contributed by atoms with Gasteiger partial charge in [0.15, 0.2) is 6.61 Å². The van der Waals surface area contributed by atoms with Crippen molar-refractivity contribution in [1.29, 1.82) is 0 Å². The molecule has 0 aliphatic carbocycles. The van der Waals surface area contributed by atoms with E-state index in [-0.39, 0.29) is 25.7 Å². The van der Waals surface area contributed by atoms with E-state index in [1.54, 1.807) is 48.5 Å². The van der Waals surface area contributed by atoms with E-state index >= 15 is 0 Å². The average molecular weight is 783 g/mol. The highest BCUT2D eigenvalue weighted by Gasteiger charge is 2.32. The van der Waals surface area contributed by atoms with Crippen molar-refractivity contribution in [3.8, 4) is 22.6 Å². The monoisotopic (exact) mass is 782 g/mol. The highest BCUT2D eigenvalue weighted by atomic mass is 16.5. The van der Waals surface area contributed by atoms with Crippen molar-refractivity contribution in [2.45, 2.75) is 56.3 Å². The molecule has 58 heavy (non-hydrogen) atoms. The second-order valence-electron chi connectivity index (χ2n) is 14.1. The van der Waals surface area contributed by atoms with Crippen molar-refractivity contribution in [1.82, 2.24) is 21.3 Å². The van der Waals surface area contributed by atoms with Crippen molar-refractivity contribution in [2.75, 3.05) is 13.7 Å². The summed E-state index contributed by atoms with van der Waals surface area (Å²) in [4.78, 5) is 68.5. The lowest BCUT2D eigenvalue weighted by Crippen LogP contribution is -2.59. The van der Waals surface area contributed by atoms with Crippen LogP contribution in [0.3, 0.4) is 0 Å². The summed E-state index contributed by atoms with van der Waals surface area (Å²) in [6.45, 7) is -0.421. The zero-order chi connectivity index (χ0) is 40.9. The van der Waals surface area contributed by atoms with Gasteiger partial charge in [-0.15, -0.1) is 0 Å². The van der Waals surface area contributed by atoms with Crippen molar-refractivity contribution < 1.29 is 38.6 Å². The van der Waals surface area contributed by atoms with Crippen molar-refractivity contribution in [3.63, 3.8) is 0 Å². The molecule has 4 amide bonds. The molecule has 2 bridgehead atoms. The standard InChI is InChI=1S/C46H46N4O8/c1-57-37-14-8-11-33(25-37)28-39-44(53)49-40(26-31-15-20-35(21-16-31)34-12-6-3-7-13-34)45(54)48-38(24-19-30-9-4-2-5-10-30)43(52)50-41(46(55)56)27-32-17-22-36(23-18-32)58-29-42(51)47-39/h2-18,20-23,25,38-41H,19,24,26-29H2,1H3,(H,47,51)(H,48,54)(H,49,53)(H,50,52)(H,55,56)/t38-,39-,40+,41-/m0/s1. The first-order valence-electron chi connectivity index (χ1n) is 19.1. The summed E-state index contributed by atoms with van der Waals surface area (Å²) in [5, 5.41) is 21.3. The third-order valence-corrected chi connectivity index (χ3v) is 9.90. The molecule has 7 rings (SSSR count). The first-order valence-corrected chi connectivity index (χ1v) is 19.1. The average Bonchev–Trinajstić information content (AvgIpc) is 3.24. The summed E-state index contributed by atoms with van der Waals surface area (Å²) in [5.74, 6) is -2.92. The Hall–Kier alpha value is -6.95. The van der Waals surface area contributed by atoms with Crippen LogP contribution in [0.1, 0.15) is 28.7 Å². The summed E-state index contributed by atoms with van der Waals surface area (Å²) < 4.78 is 11.1. The van der Waals surface area contributed by atoms with Crippen LogP contribution >= 0.6 is 0 Å². The minimum atomic E-state index is -1.32. The number of ether oxygens (including phenoxy) is 2. The topological polar surface area (TPSA) is 172 Å². The predicted octanol–water partition coefficient (Wildman–Crippen LogP) is 4.44. The number of carbonyl (C=O) groups is 5. The zero-order valence-electron chi connectivity index (χ0n) is 32.1. The quantitative estimate of drug-likeness (QED) is 0.130. The number of nitrogens with one attached hydrogen (secondary N) is 4. The molecule has 2 heterocycles. The number of hydrogen-bond acceptors (Lipinski definition) is 7. The van der Waals surface area contributed by atoms with Crippen LogP contribution in [0, 0.1) is 0 Å². The molecule has 5 aromatic carbocycles. The number of aliphatic carboxylic acids is 1. The van der Waals surface area contributed by atoms with Crippen LogP contribution in [0.5, 0.6) is 11.5 Å². The van der Waals surface area contributed by atoms with E-state index in [4.69, 9.17) is 9.47 Å². The number of fused-ring (bicyclic) bond motifs is 16. The molecule has 12 nitrogen and oxygen atoms in total. The summed E-state index contributed by atoms with van der Waals surface area (Å²) in [6.07, 6.45) is 0.577. The molecule has 2 aliphatic rings. The lowest BCUT2D eigenvalue weighted by Gasteiger charge is -2.26. The molecule has 0 radical (unpaired) electrons. The predicted molar refractivity (Wildman–Crippen MR) is 218 cm³/mol. The number of rotatable bonds is 10. The van der Waals surface area contributed by atoms with Gasteiger partial charge in [0.1, 0.15) is 35.7 Å². The number of hydrogen-bond donors (Lipinski definition) is 5. The van der Waals surface area contributed by atoms with E-state index in [1.807, 2.05) is 84.9 Å². The highest BCUT2D eigenvalue weighted by molar-refractivity contribution is 5.95. The van der Waals surface area contributed by atoms with Crippen LogP contribution in [-0.4, -0.2) is 72.6 Å². The van der Waals surface area contributed by atoms with E-state index in [2.05, 4.69) is 21.3 Å². The Balaban J connectivity index is 1.34. The molecule has 0 fully saturated rings. The molecule has 0 saturated carbocycles. The lowest BCUT2D eigenvalue weighted by atomic mass is 9.98. The van der Waals surface area contributed by atoms with Gasteiger partial charge in [0, 0.05) is 19.3 Å². The van der Waals surface area contributed by atoms with Crippen LogP contribution in [0.25, 0.3) is 11.1 Å². The van der Waals surface area contributed by atoms with Gasteiger partial charge in [0.05, 0.1) is 7.11 Å². The third-order valence-electron chi connectivity index (χ3n) is 9.90. The maximum Gasteiger partial charge on any atom is 0.326 e. The summed E-state index contributed by atoms with van der Waals surface area (Å²) in [5.41, 5.74) is 4.90. The Morgan fingerprint density at radius 1 is 0.638 bits per heavy atom. The summed E-state index contributed by atoms with van der Waals surface area (Å²) >= 11 is 0. The first kappa shape index (κ1) is 40.7. The molecule has 0 unspecified atom stereocenters. The van der Waals surface area contributed by atoms with E-state index < -0.39 is 60.4 Å². The number of methoxy groups -OCH3 is 1. The molecule has 4 atom stereocenters. The molecule has 0 aromatic heterocycles. The van der Waals surface area contributed by atoms with Gasteiger partial charge < -0.3 is 35.8 Å². The van der Waals surface area contributed by atoms with Gasteiger partial charge >= 0.3 is 5.97 Å². The number of carboxylic acids is 1. The number of aryl methyl sites for hydroxylation is 1. The Bertz CT molecular complexity index is 2180. The number of carboxylic acid groups (broad SMARTS) is 1. The molecular formula is C46H46N4O8. The van der Waals surface area contributed by atoms with E-state index in [1.165, 1.54) is 7.11 Å². The molecule has 2 aliphatic heterocycles. The Morgan fingerprint density at radius 3 is 1.90 bits per heavy atom. The van der Waals surface area contributed by atoms with Crippen LogP contribution in [0.2, 0.25) is 0 Å². The lowest BCUT2D eigenvalue weighted by molar-refractivity contribution is -0.142. The Labute approximate surface area is 337 Å². The van der Waals surface area contributed by atoms with Crippen molar-refractivity contribution >= 4 is 29.6 Å². The molecule has 12 heteroatoms. The first-order chi connectivity index (χ1) is 28.1. The van der Waals surface area contributed by atoms with E-state index in [0.29, 0.717) is 29.0 Å². The molecule has 0 saturated heterocycles. The van der Waals surface area contributed by atoms with Gasteiger partial charge in [-0.2, -0.15) is 0 Å². The number of benzene rings is 5. The Kier molecular flexibility index (Phi) is 13.9. The van der Waals surface area contributed by atoms with Crippen molar-refractivity contribution in [3.05, 3.63) is 156 Å². The highest BCUT2D eigenvalue weighted by Crippen LogP contribution is 2.21. The minimum absolute atomic E-state index is 0.0360. The SMILES string of the molecule is COc1cccc(C[C@@H]2NC(=O)COc3ccc(cc3)C[C@@H](C(=O)O)NC(=O)[C@H](CCc3ccccc3)NC(=O)[C@@H](Cc3ccc(-c4ccccc4)cc3)NC2=O)c1. The third kappa shape index (κ3) is 11.5. The molecule has 5 aromatic rings. The second kappa shape index (κ2) is 19.8. The smallest absolute Gasteiger partial charge is 0.326 e. The van der Waals surface area contributed by atoms with E-state index in [9.17, 15) is 29.1 Å². The number of carbonyl (C=O) groups excluding carboxylic acids is 4. The van der Waals surface area contributed by atoms with Gasteiger partial charge in [-0.3, -0.25) is 19.2 Å². The fourth-order valence-electron chi connectivity index (χ4n) is 6.74. The molecule has 5 N–H and O–H groups in total. The summed E-state index contributed by atoms with van der Waals surface area (Å²) in [6, 6.07) is 35.5. The zero-order valence-corrected chi connectivity index (χ0v) is 32.1. The maximum absolute atomic E-state index is 14.4. The fraction of sp³-hybridized carbons (Fsp3) is 0.239. The van der Waals surface area contributed by atoms with Gasteiger partial charge in [0.2, 0.25) is 17.7 Å². The van der Waals surface area contributed by atoms with Gasteiger partial charge in [0.25, 0.3) is 5.91 Å². The maximum atomic E-state index is 14.4. The second-order valence-corrected chi connectivity index (χ2v) is 14.1. The largest absolute Gasteiger partial charge is 0.497 e. The molecule has 298 valence electrons. The Morgan fingerprint density at radius 2 is 1.22 bits per heavy atom.